The molecule has 0 amide bonds. The second-order valence-electron chi connectivity index (χ2n) is 5.38. The van der Waals surface area contributed by atoms with Crippen molar-refractivity contribution < 1.29 is 0 Å². The average molecular weight is 266 g/mol. The zero-order valence-electron chi connectivity index (χ0n) is 11.7. The average Bonchev–Trinajstić information content (AvgIpc) is 2.87. The number of piperidine rings is 1. The van der Waals surface area contributed by atoms with Gasteiger partial charge >= 0.3 is 0 Å². The molecule has 0 bridgehead atoms. The Morgan fingerprint density at radius 1 is 1.33 bits per heavy atom. The van der Waals surface area contributed by atoms with Gasteiger partial charge in [0.2, 0.25) is 0 Å². The monoisotopic (exact) mass is 266 g/mol. The summed E-state index contributed by atoms with van der Waals surface area (Å²) >= 11 is 1.96. The summed E-state index contributed by atoms with van der Waals surface area (Å²) in [6, 6.07) is 5.16. The molecule has 0 aromatic carbocycles. The normalized spacial score (nSPS) is 25.5. The predicted molar refractivity (Wildman–Crippen MR) is 80.0 cm³/mol. The maximum absolute atomic E-state index is 5.96. The third-order valence-corrected chi connectivity index (χ3v) is 5.43. The molecule has 2 unspecified atom stereocenters. The Kier molecular flexibility index (Phi) is 5.22. The van der Waals surface area contributed by atoms with Crippen LogP contribution in [0.4, 0.5) is 0 Å². The summed E-state index contributed by atoms with van der Waals surface area (Å²) in [5, 5.41) is 0. The van der Waals surface area contributed by atoms with Gasteiger partial charge in [0.25, 0.3) is 0 Å². The van der Waals surface area contributed by atoms with Crippen LogP contribution < -0.4 is 5.73 Å². The molecule has 102 valence electrons. The van der Waals surface area contributed by atoms with Gasteiger partial charge in [-0.05, 0) is 43.9 Å². The maximum atomic E-state index is 5.96. The van der Waals surface area contributed by atoms with Crippen LogP contribution in [0.3, 0.4) is 0 Å². The van der Waals surface area contributed by atoms with Crippen LogP contribution in [0.1, 0.15) is 42.9 Å². The summed E-state index contributed by atoms with van der Waals surface area (Å²) in [4.78, 5) is 5.59. The van der Waals surface area contributed by atoms with Crippen molar-refractivity contribution in [3.8, 4) is 0 Å². The third kappa shape index (κ3) is 3.34. The lowest BCUT2D eigenvalue weighted by atomic mass is 9.89. The van der Waals surface area contributed by atoms with Gasteiger partial charge in [0.15, 0.2) is 0 Å². The van der Waals surface area contributed by atoms with Crippen molar-refractivity contribution in [3.05, 3.63) is 21.9 Å². The Morgan fingerprint density at radius 2 is 2.11 bits per heavy atom. The highest BCUT2D eigenvalue weighted by molar-refractivity contribution is 7.11. The number of thiophene rings is 1. The van der Waals surface area contributed by atoms with Crippen LogP contribution in [0.2, 0.25) is 0 Å². The summed E-state index contributed by atoms with van der Waals surface area (Å²) in [6.45, 7) is 7.66. The number of rotatable bonds is 5. The van der Waals surface area contributed by atoms with Crippen molar-refractivity contribution in [1.29, 1.82) is 0 Å². The summed E-state index contributed by atoms with van der Waals surface area (Å²) in [5.41, 5.74) is 5.96. The van der Waals surface area contributed by atoms with Gasteiger partial charge in [0, 0.05) is 28.9 Å². The van der Waals surface area contributed by atoms with Crippen LogP contribution in [0.15, 0.2) is 12.1 Å². The van der Waals surface area contributed by atoms with Gasteiger partial charge in [-0.1, -0.05) is 20.3 Å². The van der Waals surface area contributed by atoms with Gasteiger partial charge in [-0.3, -0.25) is 4.90 Å². The molecule has 2 rings (SSSR count). The predicted octanol–water partition coefficient (Wildman–Crippen LogP) is 3.26. The number of nitrogens with two attached hydrogens (primary N) is 1. The van der Waals surface area contributed by atoms with Crippen LogP contribution >= 0.6 is 11.3 Å². The molecule has 2 heterocycles. The summed E-state index contributed by atoms with van der Waals surface area (Å²) in [5.74, 6) is 0.893. The first kappa shape index (κ1) is 14.0. The topological polar surface area (TPSA) is 29.3 Å². The van der Waals surface area contributed by atoms with E-state index >= 15 is 0 Å². The van der Waals surface area contributed by atoms with E-state index < -0.39 is 0 Å². The zero-order chi connectivity index (χ0) is 13.0. The fourth-order valence-electron chi connectivity index (χ4n) is 2.90. The molecule has 0 spiro atoms. The van der Waals surface area contributed by atoms with Gasteiger partial charge in [-0.2, -0.15) is 0 Å². The minimum absolute atomic E-state index is 0.593. The van der Waals surface area contributed by atoms with Crippen molar-refractivity contribution >= 4 is 11.3 Å². The molecule has 2 N–H and O–H groups in total. The van der Waals surface area contributed by atoms with Crippen molar-refractivity contribution in [2.75, 3.05) is 13.1 Å². The molecule has 2 nitrogen and oxygen atoms in total. The Bertz CT molecular complexity index is 361. The zero-order valence-corrected chi connectivity index (χ0v) is 12.5. The quantitative estimate of drug-likeness (QED) is 0.886. The van der Waals surface area contributed by atoms with Crippen molar-refractivity contribution in [3.63, 3.8) is 0 Å². The van der Waals surface area contributed by atoms with Gasteiger partial charge in [0.1, 0.15) is 0 Å². The van der Waals surface area contributed by atoms with E-state index in [1.807, 2.05) is 11.3 Å². The first-order valence-electron chi connectivity index (χ1n) is 7.28. The molecule has 0 aliphatic carbocycles. The second kappa shape index (κ2) is 6.69. The fourth-order valence-corrected chi connectivity index (χ4v) is 3.89. The van der Waals surface area contributed by atoms with Crippen LogP contribution in [0.25, 0.3) is 0 Å². The van der Waals surface area contributed by atoms with Crippen molar-refractivity contribution in [1.82, 2.24) is 4.90 Å². The standard InChI is InChI=1S/C15H26N2S/c1-3-12-7-8-17(13(9-12)10-16)11-15-6-5-14(4-2)18-15/h5-6,12-13H,3-4,7-11,16H2,1-2H3. The largest absolute Gasteiger partial charge is 0.329 e. The molecule has 3 heteroatoms. The Hall–Kier alpha value is -0.380. The lowest BCUT2D eigenvalue weighted by Gasteiger charge is -2.38. The van der Waals surface area contributed by atoms with E-state index in [9.17, 15) is 0 Å². The number of hydrogen-bond acceptors (Lipinski definition) is 3. The smallest absolute Gasteiger partial charge is 0.0331 e. The molecule has 18 heavy (non-hydrogen) atoms. The number of likely N-dealkylation sites (tertiary alicyclic amines) is 1. The van der Waals surface area contributed by atoms with E-state index in [1.165, 1.54) is 35.6 Å². The van der Waals surface area contributed by atoms with E-state index in [0.717, 1.165) is 25.4 Å². The summed E-state index contributed by atoms with van der Waals surface area (Å²) in [7, 11) is 0. The number of hydrogen-bond donors (Lipinski definition) is 1. The highest BCUT2D eigenvalue weighted by Gasteiger charge is 2.26. The summed E-state index contributed by atoms with van der Waals surface area (Å²) in [6.07, 6.45) is 5.10. The SMILES string of the molecule is CCc1ccc(CN2CCC(CC)CC2CN)s1. The lowest BCUT2D eigenvalue weighted by molar-refractivity contribution is 0.108. The highest BCUT2D eigenvalue weighted by Crippen LogP contribution is 2.27. The third-order valence-electron chi connectivity index (χ3n) is 4.22. The summed E-state index contributed by atoms with van der Waals surface area (Å²) < 4.78 is 0. The van der Waals surface area contributed by atoms with Gasteiger partial charge in [-0.25, -0.2) is 0 Å². The second-order valence-corrected chi connectivity index (χ2v) is 6.63. The van der Waals surface area contributed by atoms with Crippen molar-refractivity contribution in [2.45, 2.75) is 52.1 Å². The van der Waals surface area contributed by atoms with E-state index in [1.54, 1.807) is 0 Å². The maximum Gasteiger partial charge on any atom is 0.0331 e. The minimum atomic E-state index is 0.593. The van der Waals surface area contributed by atoms with Gasteiger partial charge in [-0.15, -0.1) is 11.3 Å². The molecule has 1 aliphatic rings. The molecule has 1 fully saturated rings. The van der Waals surface area contributed by atoms with Crippen LogP contribution in [0, 0.1) is 5.92 Å². The lowest BCUT2D eigenvalue weighted by Crippen LogP contribution is -2.45. The minimum Gasteiger partial charge on any atom is -0.329 e. The molecule has 0 saturated carbocycles. The van der Waals surface area contributed by atoms with Gasteiger partial charge < -0.3 is 5.73 Å². The molecule has 1 aliphatic heterocycles. The van der Waals surface area contributed by atoms with E-state index in [4.69, 9.17) is 5.73 Å². The van der Waals surface area contributed by atoms with E-state index in [2.05, 4.69) is 30.9 Å². The fraction of sp³-hybridized carbons (Fsp3) is 0.733. The van der Waals surface area contributed by atoms with Crippen LogP contribution in [-0.4, -0.2) is 24.0 Å². The van der Waals surface area contributed by atoms with Crippen LogP contribution in [-0.2, 0) is 13.0 Å². The number of nitrogens with zero attached hydrogens (tertiary/aromatic N) is 1. The molecule has 1 saturated heterocycles. The van der Waals surface area contributed by atoms with Crippen LogP contribution in [0.5, 0.6) is 0 Å². The molecular weight excluding hydrogens is 240 g/mol. The van der Waals surface area contributed by atoms with E-state index in [0.29, 0.717) is 6.04 Å². The van der Waals surface area contributed by atoms with Gasteiger partial charge in [0.05, 0.1) is 0 Å². The van der Waals surface area contributed by atoms with Crippen molar-refractivity contribution in [2.24, 2.45) is 11.7 Å². The Morgan fingerprint density at radius 3 is 2.72 bits per heavy atom. The number of aryl methyl sites for hydroxylation is 1. The first-order valence-corrected chi connectivity index (χ1v) is 8.10. The Balaban J connectivity index is 1.95. The molecule has 1 aromatic heterocycles. The first-order chi connectivity index (χ1) is 8.76. The van der Waals surface area contributed by atoms with E-state index in [-0.39, 0.29) is 0 Å². The highest BCUT2D eigenvalue weighted by atomic mass is 32.1. The Labute approximate surface area is 115 Å². The molecule has 1 aromatic rings. The molecule has 0 radical (unpaired) electrons. The molecular formula is C15H26N2S. The molecule has 2 atom stereocenters.